The molecule has 0 fully saturated rings. The van der Waals surface area contributed by atoms with Crippen molar-refractivity contribution in [3.63, 3.8) is 0 Å². The highest BCUT2D eigenvalue weighted by Crippen LogP contribution is 2.32. The van der Waals surface area contributed by atoms with Crippen LogP contribution in [-0.2, 0) is 14.3 Å². The van der Waals surface area contributed by atoms with Crippen LogP contribution in [0.3, 0.4) is 0 Å². The van der Waals surface area contributed by atoms with E-state index in [2.05, 4.69) is 5.32 Å². The molecule has 3 aromatic carbocycles. The molecular weight excluding hydrogens is 468 g/mol. The summed E-state index contributed by atoms with van der Waals surface area (Å²) >= 11 is 1.09. The van der Waals surface area contributed by atoms with Gasteiger partial charge in [0.05, 0.1) is 22.6 Å². The van der Waals surface area contributed by atoms with Gasteiger partial charge < -0.3 is 15.8 Å². The van der Waals surface area contributed by atoms with Crippen molar-refractivity contribution >= 4 is 46.8 Å². The maximum absolute atomic E-state index is 13.1. The van der Waals surface area contributed by atoms with Gasteiger partial charge in [-0.15, -0.1) is 11.8 Å². The van der Waals surface area contributed by atoms with Crippen molar-refractivity contribution in [3.05, 3.63) is 94.5 Å². The third kappa shape index (κ3) is 4.85. The van der Waals surface area contributed by atoms with Gasteiger partial charge in [0.2, 0.25) is 5.91 Å². The third-order valence-electron chi connectivity index (χ3n) is 5.34. The van der Waals surface area contributed by atoms with E-state index < -0.39 is 23.9 Å². The summed E-state index contributed by atoms with van der Waals surface area (Å²) in [5, 5.41) is 2.61. The van der Waals surface area contributed by atoms with Gasteiger partial charge in [-0.2, -0.15) is 0 Å². The van der Waals surface area contributed by atoms with Gasteiger partial charge in [0, 0.05) is 21.6 Å². The fourth-order valence-electron chi connectivity index (χ4n) is 3.67. The van der Waals surface area contributed by atoms with Crippen LogP contribution in [0.1, 0.15) is 49.1 Å². The fourth-order valence-corrected chi connectivity index (χ4v) is 4.45. The molecule has 176 valence electrons. The lowest BCUT2D eigenvalue weighted by Crippen LogP contribution is -2.31. The summed E-state index contributed by atoms with van der Waals surface area (Å²) in [6.45, 7) is 1.39. The first-order valence-electron chi connectivity index (χ1n) is 10.6. The molecule has 8 nitrogen and oxygen atoms in total. The fraction of sp³-hybridized carbons (Fsp3) is 0.115. The SMILES string of the molecule is CC(OC(=O)c1ccccc1SCC(N)=O)C(=O)Nc1cccc2c1C(=O)c1ccccc1C2=O. The number of hydrogen-bond acceptors (Lipinski definition) is 7. The van der Waals surface area contributed by atoms with Gasteiger partial charge in [0.25, 0.3) is 5.91 Å². The van der Waals surface area contributed by atoms with Gasteiger partial charge in [-0.25, -0.2) is 4.79 Å². The number of thioether (sulfide) groups is 1. The van der Waals surface area contributed by atoms with E-state index in [9.17, 15) is 24.0 Å². The number of esters is 1. The predicted octanol–water partition coefficient (Wildman–Crippen LogP) is 3.22. The van der Waals surface area contributed by atoms with Crippen LogP contribution < -0.4 is 11.1 Å². The molecule has 0 saturated carbocycles. The highest BCUT2D eigenvalue weighted by molar-refractivity contribution is 8.00. The van der Waals surface area contributed by atoms with E-state index >= 15 is 0 Å². The van der Waals surface area contributed by atoms with E-state index in [4.69, 9.17) is 10.5 Å². The molecule has 0 aliphatic heterocycles. The van der Waals surface area contributed by atoms with Crippen LogP contribution in [0, 0.1) is 0 Å². The standard InChI is InChI=1S/C26H20N2O6S/c1-14(34-26(33)17-9-4-5-12-20(17)35-13-21(27)29)25(32)28-19-11-6-10-18-22(19)24(31)16-8-3-2-7-15(16)23(18)30/h2-12,14H,13H2,1H3,(H2,27,29)(H,28,32). The smallest absolute Gasteiger partial charge is 0.340 e. The summed E-state index contributed by atoms with van der Waals surface area (Å²) in [6, 6.07) is 17.6. The highest BCUT2D eigenvalue weighted by Gasteiger charge is 2.32. The van der Waals surface area contributed by atoms with Gasteiger partial charge in [-0.1, -0.05) is 48.5 Å². The lowest BCUT2D eigenvalue weighted by atomic mass is 9.83. The molecule has 1 unspecified atom stereocenters. The van der Waals surface area contributed by atoms with Gasteiger partial charge >= 0.3 is 5.97 Å². The van der Waals surface area contributed by atoms with Crippen molar-refractivity contribution < 1.29 is 28.7 Å². The van der Waals surface area contributed by atoms with Crippen LogP contribution in [0.25, 0.3) is 0 Å². The summed E-state index contributed by atoms with van der Waals surface area (Å²) < 4.78 is 5.33. The zero-order valence-corrected chi connectivity index (χ0v) is 19.4. The van der Waals surface area contributed by atoms with E-state index in [0.717, 1.165) is 11.8 Å². The summed E-state index contributed by atoms with van der Waals surface area (Å²) in [6.07, 6.45) is -1.21. The topological polar surface area (TPSA) is 133 Å². The number of ketones is 2. The second-order valence-electron chi connectivity index (χ2n) is 7.72. The normalized spacial score (nSPS) is 12.8. The Morgan fingerprint density at radius 2 is 1.51 bits per heavy atom. The Hall–Kier alpha value is -4.24. The van der Waals surface area contributed by atoms with Crippen molar-refractivity contribution in [2.24, 2.45) is 5.73 Å². The number of anilines is 1. The average molecular weight is 489 g/mol. The molecule has 3 aromatic rings. The van der Waals surface area contributed by atoms with Crippen LogP contribution >= 0.6 is 11.8 Å². The summed E-state index contributed by atoms with van der Waals surface area (Å²) in [4.78, 5) is 63.1. The molecular formula is C26H20N2O6S. The maximum atomic E-state index is 13.1. The average Bonchev–Trinajstić information content (AvgIpc) is 2.86. The zero-order chi connectivity index (χ0) is 25.1. The minimum atomic E-state index is -1.21. The number of fused-ring (bicyclic) bond motifs is 2. The number of carbonyl (C=O) groups excluding carboxylic acids is 5. The largest absolute Gasteiger partial charge is 0.449 e. The lowest BCUT2D eigenvalue weighted by Gasteiger charge is -2.21. The molecule has 1 atom stereocenters. The Morgan fingerprint density at radius 1 is 0.886 bits per heavy atom. The van der Waals surface area contributed by atoms with Crippen LogP contribution in [0.15, 0.2) is 71.6 Å². The van der Waals surface area contributed by atoms with E-state index in [0.29, 0.717) is 10.5 Å². The minimum absolute atomic E-state index is 0.0185. The Bertz CT molecular complexity index is 1380. The first-order chi connectivity index (χ1) is 16.8. The van der Waals surface area contributed by atoms with Crippen molar-refractivity contribution in [2.45, 2.75) is 17.9 Å². The number of amides is 2. The van der Waals surface area contributed by atoms with Gasteiger partial charge in [-0.3, -0.25) is 19.2 Å². The molecule has 0 spiro atoms. The van der Waals surface area contributed by atoms with Gasteiger partial charge in [-0.05, 0) is 25.1 Å². The molecule has 0 saturated heterocycles. The molecule has 1 aliphatic carbocycles. The zero-order valence-electron chi connectivity index (χ0n) is 18.6. The van der Waals surface area contributed by atoms with Crippen LogP contribution in [0.4, 0.5) is 5.69 Å². The van der Waals surface area contributed by atoms with Crippen molar-refractivity contribution in [1.82, 2.24) is 0 Å². The molecule has 3 N–H and O–H groups in total. The number of ether oxygens (including phenoxy) is 1. The second kappa shape index (κ2) is 9.94. The summed E-state index contributed by atoms with van der Waals surface area (Å²) in [7, 11) is 0. The Labute approximate surface area is 204 Å². The van der Waals surface area contributed by atoms with Crippen LogP contribution in [0.5, 0.6) is 0 Å². The number of hydrogen-bond donors (Lipinski definition) is 2. The van der Waals surface area contributed by atoms with E-state index in [-0.39, 0.29) is 45.3 Å². The molecule has 4 rings (SSSR count). The minimum Gasteiger partial charge on any atom is -0.449 e. The maximum Gasteiger partial charge on any atom is 0.340 e. The predicted molar refractivity (Wildman–Crippen MR) is 130 cm³/mol. The number of carbonyl (C=O) groups is 5. The van der Waals surface area contributed by atoms with Crippen molar-refractivity contribution in [2.75, 3.05) is 11.1 Å². The molecule has 0 aromatic heterocycles. The third-order valence-corrected chi connectivity index (χ3v) is 6.44. The van der Waals surface area contributed by atoms with E-state index in [1.165, 1.54) is 25.1 Å². The van der Waals surface area contributed by atoms with Gasteiger partial charge in [0.15, 0.2) is 17.7 Å². The Kier molecular flexibility index (Phi) is 6.79. The first-order valence-corrected chi connectivity index (χ1v) is 11.6. The molecule has 0 bridgehead atoms. The van der Waals surface area contributed by atoms with Crippen LogP contribution in [-0.4, -0.2) is 41.2 Å². The van der Waals surface area contributed by atoms with E-state index in [1.807, 2.05) is 0 Å². The number of benzene rings is 3. The monoisotopic (exact) mass is 488 g/mol. The molecule has 0 heterocycles. The van der Waals surface area contributed by atoms with Crippen molar-refractivity contribution in [1.29, 1.82) is 0 Å². The molecule has 35 heavy (non-hydrogen) atoms. The molecule has 2 amide bonds. The highest BCUT2D eigenvalue weighted by atomic mass is 32.2. The Balaban J connectivity index is 1.52. The number of nitrogens with one attached hydrogen (secondary N) is 1. The number of rotatable bonds is 7. The number of primary amides is 1. The Morgan fingerprint density at radius 3 is 2.23 bits per heavy atom. The molecule has 1 aliphatic rings. The van der Waals surface area contributed by atoms with Gasteiger partial charge in [0.1, 0.15) is 0 Å². The van der Waals surface area contributed by atoms with Crippen molar-refractivity contribution in [3.8, 4) is 0 Å². The molecule has 9 heteroatoms. The van der Waals surface area contributed by atoms with E-state index in [1.54, 1.807) is 48.5 Å². The first kappa shape index (κ1) is 23.9. The number of nitrogens with two attached hydrogens (primary N) is 1. The summed E-state index contributed by atoms with van der Waals surface area (Å²) in [5.74, 6) is -2.67. The second-order valence-corrected chi connectivity index (χ2v) is 8.74. The lowest BCUT2D eigenvalue weighted by molar-refractivity contribution is -0.123. The quantitative estimate of drug-likeness (QED) is 0.301. The summed E-state index contributed by atoms with van der Waals surface area (Å²) in [5.41, 5.74) is 6.38. The van der Waals surface area contributed by atoms with Crippen LogP contribution in [0.2, 0.25) is 0 Å². The molecule has 0 radical (unpaired) electrons.